The molecule has 0 aromatic carbocycles. The summed E-state index contributed by atoms with van der Waals surface area (Å²) < 4.78 is 0. The Morgan fingerprint density at radius 2 is 1.81 bits per heavy atom. The Bertz CT molecular complexity index is 195. The average molecular weight is 227 g/mol. The second kappa shape index (κ2) is 6.02. The van der Waals surface area contributed by atoms with E-state index in [2.05, 4.69) is 33.0 Å². The van der Waals surface area contributed by atoms with Crippen LogP contribution in [0.25, 0.3) is 0 Å². The maximum absolute atomic E-state index is 10.1. The summed E-state index contributed by atoms with van der Waals surface area (Å²) in [6.45, 7) is 10.5. The predicted octanol–water partition coefficient (Wildman–Crippen LogP) is 2.81. The van der Waals surface area contributed by atoms with Gasteiger partial charge in [0.05, 0.1) is 6.10 Å². The van der Waals surface area contributed by atoms with E-state index in [4.69, 9.17) is 0 Å². The Hall–Kier alpha value is -0.0800. The molecule has 1 atom stereocenters. The van der Waals surface area contributed by atoms with Gasteiger partial charge in [0.2, 0.25) is 0 Å². The Labute approximate surface area is 101 Å². The first-order valence-electron chi connectivity index (χ1n) is 6.82. The molecule has 2 N–H and O–H groups in total. The van der Waals surface area contributed by atoms with E-state index < -0.39 is 0 Å². The fraction of sp³-hybridized carbons (Fsp3) is 1.00. The van der Waals surface area contributed by atoms with Crippen LogP contribution in [0.1, 0.15) is 53.4 Å². The first-order chi connectivity index (χ1) is 7.43. The van der Waals surface area contributed by atoms with Gasteiger partial charge in [0.15, 0.2) is 0 Å². The summed E-state index contributed by atoms with van der Waals surface area (Å²) in [6.07, 6.45) is 5.37. The van der Waals surface area contributed by atoms with Crippen LogP contribution in [0.2, 0.25) is 0 Å². The molecule has 0 radical (unpaired) electrons. The summed E-state index contributed by atoms with van der Waals surface area (Å²) >= 11 is 0. The molecular formula is C14H29NO. The molecule has 16 heavy (non-hydrogen) atoms. The van der Waals surface area contributed by atoms with Crippen LogP contribution in [0, 0.1) is 17.3 Å². The topological polar surface area (TPSA) is 32.3 Å². The van der Waals surface area contributed by atoms with E-state index >= 15 is 0 Å². The molecule has 0 aromatic rings. The smallest absolute Gasteiger partial charge is 0.0626 e. The van der Waals surface area contributed by atoms with Crippen molar-refractivity contribution in [1.82, 2.24) is 5.32 Å². The number of aliphatic hydroxyl groups is 1. The number of aliphatic hydroxyl groups excluding tert-OH is 1. The van der Waals surface area contributed by atoms with E-state index in [0.29, 0.717) is 5.92 Å². The quantitative estimate of drug-likeness (QED) is 0.731. The molecule has 0 aromatic heterocycles. The third-order valence-electron chi connectivity index (χ3n) is 3.92. The average Bonchev–Trinajstić information content (AvgIpc) is 2.69. The molecule has 0 amide bonds. The van der Waals surface area contributed by atoms with Crippen molar-refractivity contribution >= 4 is 0 Å². The van der Waals surface area contributed by atoms with Crippen LogP contribution >= 0.6 is 0 Å². The zero-order valence-corrected chi connectivity index (χ0v) is 11.4. The predicted molar refractivity (Wildman–Crippen MR) is 69.5 cm³/mol. The third kappa shape index (κ3) is 4.06. The van der Waals surface area contributed by atoms with Crippen molar-refractivity contribution in [2.24, 2.45) is 17.3 Å². The van der Waals surface area contributed by atoms with Gasteiger partial charge in [-0.1, -0.05) is 40.5 Å². The molecule has 0 saturated heterocycles. The molecule has 0 spiro atoms. The molecule has 1 unspecified atom stereocenters. The van der Waals surface area contributed by atoms with Crippen LogP contribution in [0.3, 0.4) is 0 Å². The zero-order chi connectivity index (χ0) is 12.2. The van der Waals surface area contributed by atoms with Crippen LogP contribution in [0.4, 0.5) is 0 Å². The Morgan fingerprint density at radius 3 is 2.31 bits per heavy atom. The molecule has 0 bridgehead atoms. The van der Waals surface area contributed by atoms with E-state index in [1.165, 1.54) is 25.7 Å². The second-order valence-corrected chi connectivity index (χ2v) is 6.46. The summed E-state index contributed by atoms with van der Waals surface area (Å²) in [5.74, 6) is 1.22. The van der Waals surface area contributed by atoms with E-state index in [1.54, 1.807) is 0 Å². The number of rotatable bonds is 6. The molecule has 2 nitrogen and oxygen atoms in total. The van der Waals surface area contributed by atoms with Crippen molar-refractivity contribution in [2.75, 3.05) is 13.1 Å². The van der Waals surface area contributed by atoms with E-state index in [1.807, 2.05) is 0 Å². The molecule has 0 heterocycles. The summed E-state index contributed by atoms with van der Waals surface area (Å²) in [5.41, 5.74) is -0.0211. The normalized spacial score (nSPS) is 20.6. The lowest BCUT2D eigenvalue weighted by Gasteiger charge is -2.33. The minimum Gasteiger partial charge on any atom is -0.392 e. The molecule has 0 aliphatic heterocycles. The maximum atomic E-state index is 10.1. The van der Waals surface area contributed by atoms with Crippen LogP contribution < -0.4 is 5.32 Å². The second-order valence-electron chi connectivity index (χ2n) is 6.46. The standard InChI is InChI=1S/C14H29NO/c1-11(2)13(16)14(3,4)10-15-9-12-7-5-6-8-12/h11-13,15-16H,5-10H2,1-4H3. The van der Waals surface area contributed by atoms with Crippen LogP contribution in [0.15, 0.2) is 0 Å². The van der Waals surface area contributed by atoms with Crippen LogP contribution in [-0.2, 0) is 0 Å². The zero-order valence-electron chi connectivity index (χ0n) is 11.4. The van der Waals surface area contributed by atoms with Crippen molar-refractivity contribution in [1.29, 1.82) is 0 Å². The van der Waals surface area contributed by atoms with Gasteiger partial charge in [0.1, 0.15) is 0 Å². The first-order valence-corrected chi connectivity index (χ1v) is 6.82. The van der Waals surface area contributed by atoms with Gasteiger partial charge in [0, 0.05) is 12.0 Å². The van der Waals surface area contributed by atoms with Crippen LogP contribution in [-0.4, -0.2) is 24.3 Å². The lowest BCUT2D eigenvalue weighted by Crippen LogP contribution is -2.42. The minimum atomic E-state index is -0.219. The maximum Gasteiger partial charge on any atom is 0.0626 e. The summed E-state index contributed by atoms with van der Waals surface area (Å²) in [6, 6.07) is 0. The summed E-state index contributed by atoms with van der Waals surface area (Å²) in [4.78, 5) is 0. The highest BCUT2D eigenvalue weighted by Crippen LogP contribution is 2.26. The highest BCUT2D eigenvalue weighted by Gasteiger charge is 2.30. The summed E-state index contributed by atoms with van der Waals surface area (Å²) in [7, 11) is 0. The molecule has 1 fully saturated rings. The lowest BCUT2D eigenvalue weighted by atomic mass is 9.80. The number of hydrogen-bond acceptors (Lipinski definition) is 2. The van der Waals surface area contributed by atoms with Crippen molar-refractivity contribution in [3.05, 3.63) is 0 Å². The minimum absolute atomic E-state index is 0.0211. The molecule has 1 aliphatic carbocycles. The third-order valence-corrected chi connectivity index (χ3v) is 3.92. The van der Waals surface area contributed by atoms with Crippen molar-refractivity contribution in [3.63, 3.8) is 0 Å². The van der Waals surface area contributed by atoms with E-state index in [0.717, 1.165) is 19.0 Å². The largest absolute Gasteiger partial charge is 0.392 e. The van der Waals surface area contributed by atoms with Crippen molar-refractivity contribution in [2.45, 2.75) is 59.5 Å². The molecule has 2 heteroatoms. The van der Waals surface area contributed by atoms with E-state index in [-0.39, 0.29) is 11.5 Å². The lowest BCUT2D eigenvalue weighted by molar-refractivity contribution is 0.0132. The fourth-order valence-electron chi connectivity index (χ4n) is 2.82. The molecule has 96 valence electrons. The Morgan fingerprint density at radius 1 is 1.25 bits per heavy atom. The van der Waals surface area contributed by atoms with Gasteiger partial charge in [-0.15, -0.1) is 0 Å². The SMILES string of the molecule is CC(C)C(O)C(C)(C)CNCC1CCCC1. The highest BCUT2D eigenvalue weighted by molar-refractivity contribution is 4.82. The monoisotopic (exact) mass is 227 g/mol. The first kappa shape index (κ1) is 14.0. The van der Waals surface area contributed by atoms with Gasteiger partial charge in [-0.3, -0.25) is 0 Å². The number of hydrogen-bond donors (Lipinski definition) is 2. The molecular weight excluding hydrogens is 198 g/mol. The summed E-state index contributed by atoms with van der Waals surface area (Å²) in [5, 5.41) is 13.6. The number of nitrogens with one attached hydrogen (secondary N) is 1. The fourth-order valence-corrected chi connectivity index (χ4v) is 2.82. The van der Waals surface area contributed by atoms with Gasteiger partial charge in [-0.05, 0) is 31.2 Å². The van der Waals surface area contributed by atoms with Crippen molar-refractivity contribution < 1.29 is 5.11 Å². The molecule has 1 rings (SSSR count). The molecule has 1 saturated carbocycles. The Balaban J connectivity index is 2.24. The molecule has 1 aliphatic rings. The van der Waals surface area contributed by atoms with Gasteiger partial charge in [-0.25, -0.2) is 0 Å². The van der Waals surface area contributed by atoms with Gasteiger partial charge >= 0.3 is 0 Å². The van der Waals surface area contributed by atoms with E-state index in [9.17, 15) is 5.11 Å². The van der Waals surface area contributed by atoms with Crippen molar-refractivity contribution in [3.8, 4) is 0 Å². The van der Waals surface area contributed by atoms with Crippen LogP contribution in [0.5, 0.6) is 0 Å². The van der Waals surface area contributed by atoms with Gasteiger partial charge in [0.25, 0.3) is 0 Å². The van der Waals surface area contributed by atoms with Gasteiger partial charge < -0.3 is 10.4 Å². The van der Waals surface area contributed by atoms with Gasteiger partial charge in [-0.2, -0.15) is 0 Å². The highest BCUT2D eigenvalue weighted by atomic mass is 16.3. The Kier molecular flexibility index (Phi) is 5.26.